The first kappa shape index (κ1) is 21.8. The zero-order chi connectivity index (χ0) is 23.3. The third-order valence-corrected chi connectivity index (χ3v) is 9.05. The second-order valence-electron chi connectivity index (χ2n) is 10.6. The minimum atomic E-state index is -0.259. The summed E-state index contributed by atoms with van der Waals surface area (Å²) in [5.41, 5.74) is 3.12. The van der Waals surface area contributed by atoms with Crippen molar-refractivity contribution in [2.75, 3.05) is 0 Å². The Hall–Kier alpha value is -2.67. The van der Waals surface area contributed by atoms with Crippen LogP contribution in [0.1, 0.15) is 51.0 Å². The fraction of sp³-hybridized carbons (Fsp3) is 0.481. The highest BCUT2D eigenvalue weighted by Gasteiger charge is 2.51. The third-order valence-electron chi connectivity index (χ3n) is 8.01. The van der Waals surface area contributed by atoms with Crippen LogP contribution in [0.4, 0.5) is 0 Å². The van der Waals surface area contributed by atoms with Crippen LogP contribution in [0.15, 0.2) is 53.9 Å². The Morgan fingerprint density at radius 2 is 1.68 bits per heavy atom. The number of hydrogen-bond donors (Lipinski definition) is 1. The van der Waals surface area contributed by atoms with Gasteiger partial charge in [-0.2, -0.15) is 0 Å². The summed E-state index contributed by atoms with van der Waals surface area (Å²) >= 11 is 1.49. The van der Waals surface area contributed by atoms with Crippen LogP contribution in [0.2, 0.25) is 0 Å². The average molecular weight is 474 g/mol. The van der Waals surface area contributed by atoms with E-state index < -0.39 is 0 Å². The summed E-state index contributed by atoms with van der Waals surface area (Å²) in [7, 11) is 0. The van der Waals surface area contributed by atoms with E-state index in [2.05, 4.69) is 44.1 Å². The third kappa shape index (κ3) is 3.94. The summed E-state index contributed by atoms with van der Waals surface area (Å²) in [4.78, 5) is 17.6. The molecule has 7 rings (SSSR count). The van der Waals surface area contributed by atoms with Gasteiger partial charge in [0.1, 0.15) is 0 Å². The lowest BCUT2D eigenvalue weighted by Gasteiger charge is -2.57. The van der Waals surface area contributed by atoms with Crippen LogP contribution >= 0.6 is 11.8 Å². The molecule has 0 saturated heterocycles. The lowest BCUT2D eigenvalue weighted by Crippen LogP contribution is -2.60. The number of para-hydroxylation sites is 1. The number of hydrogen-bond acceptors (Lipinski definition) is 5. The molecule has 2 aromatic heterocycles. The molecule has 4 bridgehead atoms. The number of rotatable bonds is 6. The number of thioether (sulfide) groups is 1. The molecule has 34 heavy (non-hydrogen) atoms. The Balaban J connectivity index is 1.27. The van der Waals surface area contributed by atoms with Gasteiger partial charge in [-0.3, -0.25) is 14.3 Å². The first-order valence-electron chi connectivity index (χ1n) is 12.4. The van der Waals surface area contributed by atoms with Crippen molar-refractivity contribution in [2.45, 2.75) is 68.3 Å². The number of nitrogens with zero attached hydrogens (tertiary/aromatic N) is 4. The van der Waals surface area contributed by atoms with E-state index in [0.29, 0.717) is 0 Å². The normalized spacial score (nSPS) is 28.1. The summed E-state index contributed by atoms with van der Waals surface area (Å²) in [5, 5.41) is 13.1. The summed E-state index contributed by atoms with van der Waals surface area (Å²) in [6.45, 7) is 4.08. The van der Waals surface area contributed by atoms with Gasteiger partial charge in [-0.1, -0.05) is 30.0 Å². The maximum absolute atomic E-state index is 13.4. The van der Waals surface area contributed by atoms with Gasteiger partial charge in [0.2, 0.25) is 5.91 Å². The molecule has 3 aromatic rings. The molecule has 0 aliphatic heterocycles. The summed E-state index contributed by atoms with van der Waals surface area (Å²) < 4.78 is 2.07. The van der Waals surface area contributed by atoms with E-state index >= 15 is 0 Å². The van der Waals surface area contributed by atoms with Gasteiger partial charge in [-0.25, -0.2) is 0 Å². The molecule has 1 aromatic carbocycles. The van der Waals surface area contributed by atoms with Gasteiger partial charge in [0.15, 0.2) is 11.0 Å². The van der Waals surface area contributed by atoms with E-state index in [1.165, 1.54) is 31.0 Å². The molecular formula is C27H31N5OS. The Kier molecular flexibility index (Phi) is 5.47. The number of carbonyl (C=O) groups excluding carboxylic acids is 1. The Bertz CT molecular complexity index is 1170. The van der Waals surface area contributed by atoms with Crippen LogP contribution in [-0.2, 0) is 4.79 Å². The van der Waals surface area contributed by atoms with E-state index in [0.717, 1.165) is 64.8 Å². The van der Waals surface area contributed by atoms with Gasteiger partial charge in [-0.15, -0.1) is 10.2 Å². The summed E-state index contributed by atoms with van der Waals surface area (Å²) in [5.74, 6) is 3.30. The molecule has 2 heterocycles. The van der Waals surface area contributed by atoms with Crippen molar-refractivity contribution in [3.63, 3.8) is 0 Å². The number of carbonyl (C=O) groups is 1. The zero-order valence-corrected chi connectivity index (χ0v) is 20.6. The minimum absolute atomic E-state index is 0.0204. The quantitative estimate of drug-likeness (QED) is 0.498. The number of nitrogens with one attached hydrogen (secondary N) is 1. The number of aryl methyl sites for hydroxylation is 1. The fourth-order valence-electron chi connectivity index (χ4n) is 6.90. The molecule has 4 aliphatic rings. The highest BCUT2D eigenvalue weighted by Crippen LogP contribution is 2.55. The Morgan fingerprint density at radius 1 is 1.03 bits per heavy atom. The molecule has 1 unspecified atom stereocenters. The maximum Gasteiger partial charge on any atom is 0.233 e. The average Bonchev–Trinajstić information content (AvgIpc) is 3.22. The predicted molar refractivity (Wildman–Crippen MR) is 134 cm³/mol. The highest BCUT2D eigenvalue weighted by molar-refractivity contribution is 8.00. The molecule has 176 valence electrons. The standard InChI is InChI=1S/C27H31N5OS/c1-17-5-3-4-6-23(17)32-24(22-7-9-28-10-8-22)30-31-26(32)34-18(2)25(33)29-27-14-19-11-20(15-27)13-21(12-19)16-27/h3-10,18-21H,11-16H2,1-2H3,(H,29,33). The predicted octanol–water partition coefficient (Wildman–Crippen LogP) is 5.20. The van der Waals surface area contributed by atoms with Crippen LogP contribution in [0, 0.1) is 24.7 Å². The van der Waals surface area contributed by atoms with Crippen LogP contribution < -0.4 is 5.32 Å². The van der Waals surface area contributed by atoms with Crippen molar-refractivity contribution < 1.29 is 4.79 Å². The van der Waals surface area contributed by atoms with E-state index in [-0.39, 0.29) is 16.7 Å². The maximum atomic E-state index is 13.4. The van der Waals surface area contributed by atoms with Gasteiger partial charge in [-0.05, 0) is 93.9 Å². The van der Waals surface area contributed by atoms with Crippen molar-refractivity contribution in [3.8, 4) is 17.1 Å². The fourth-order valence-corrected chi connectivity index (χ4v) is 7.76. The van der Waals surface area contributed by atoms with Gasteiger partial charge in [0.05, 0.1) is 10.9 Å². The van der Waals surface area contributed by atoms with Crippen LogP contribution in [0.25, 0.3) is 17.1 Å². The highest BCUT2D eigenvalue weighted by atomic mass is 32.2. The molecule has 1 amide bonds. The molecule has 1 N–H and O–H groups in total. The smallest absolute Gasteiger partial charge is 0.233 e. The largest absolute Gasteiger partial charge is 0.350 e. The molecule has 1 atom stereocenters. The molecule has 0 spiro atoms. The molecular weight excluding hydrogens is 442 g/mol. The monoisotopic (exact) mass is 473 g/mol. The zero-order valence-electron chi connectivity index (χ0n) is 19.8. The van der Waals surface area contributed by atoms with Gasteiger partial charge >= 0.3 is 0 Å². The van der Waals surface area contributed by atoms with Gasteiger partial charge < -0.3 is 5.32 Å². The molecule has 4 aliphatic carbocycles. The van der Waals surface area contributed by atoms with E-state index in [1.54, 1.807) is 12.4 Å². The SMILES string of the molecule is Cc1ccccc1-n1c(SC(C)C(=O)NC23CC4CC(CC(C4)C2)C3)nnc1-c1ccncc1. The van der Waals surface area contributed by atoms with E-state index in [9.17, 15) is 4.79 Å². The molecule has 7 heteroatoms. The van der Waals surface area contributed by atoms with Crippen molar-refractivity contribution in [1.82, 2.24) is 25.1 Å². The molecule has 6 nitrogen and oxygen atoms in total. The minimum Gasteiger partial charge on any atom is -0.350 e. The molecule has 0 radical (unpaired) electrons. The van der Waals surface area contributed by atoms with Crippen LogP contribution in [0.5, 0.6) is 0 Å². The topological polar surface area (TPSA) is 72.7 Å². The number of amides is 1. The first-order chi connectivity index (χ1) is 16.5. The summed E-state index contributed by atoms with van der Waals surface area (Å²) in [6, 6.07) is 12.1. The van der Waals surface area contributed by atoms with Gasteiger partial charge in [0, 0.05) is 23.5 Å². The van der Waals surface area contributed by atoms with E-state index in [4.69, 9.17) is 0 Å². The Morgan fingerprint density at radius 3 is 2.32 bits per heavy atom. The summed E-state index contributed by atoms with van der Waals surface area (Å²) in [6.07, 6.45) is 11.1. The first-order valence-corrected chi connectivity index (χ1v) is 13.3. The van der Waals surface area contributed by atoms with Crippen molar-refractivity contribution >= 4 is 17.7 Å². The van der Waals surface area contributed by atoms with Crippen molar-refractivity contribution in [3.05, 3.63) is 54.4 Å². The lowest BCUT2D eigenvalue weighted by atomic mass is 9.53. The number of pyridine rings is 1. The number of aromatic nitrogens is 4. The van der Waals surface area contributed by atoms with E-state index in [1.807, 2.05) is 31.2 Å². The van der Waals surface area contributed by atoms with Crippen molar-refractivity contribution in [2.24, 2.45) is 17.8 Å². The second kappa shape index (κ2) is 8.52. The second-order valence-corrected chi connectivity index (χ2v) is 11.9. The molecule has 4 fully saturated rings. The lowest BCUT2D eigenvalue weighted by molar-refractivity contribution is -0.126. The van der Waals surface area contributed by atoms with Crippen LogP contribution in [-0.4, -0.2) is 36.4 Å². The van der Waals surface area contributed by atoms with Crippen LogP contribution in [0.3, 0.4) is 0 Å². The Labute approximate surface area is 205 Å². The van der Waals surface area contributed by atoms with Gasteiger partial charge in [0.25, 0.3) is 0 Å². The van der Waals surface area contributed by atoms with Crippen molar-refractivity contribution in [1.29, 1.82) is 0 Å². The number of benzene rings is 1. The molecule has 4 saturated carbocycles.